The van der Waals surface area contributed by atoms with Gasteiger partial charge < -0.3 is 84.1 Å². The standard InChI is InChI=1S/C46H50N2O21.C7H12N2O2/c1-18-39-23(47-11-12-48(41(63-3)42(47)68-39)45(60)64-17-19-7-9-20(10-8-19)66-44-38(57)36(55)37(56)40(69-44)43(58)59)13-27(65-18)67-25-15-46(61,26(50)16-49)14-22-29(25)35(54)31-30(33(22)52)32(51)21-5-4-6-24(62-2)28(21)34(31)53;1-5-3-6(10)9(4-8-2)7(5)11/h4-10,18,23,25,27,36-42,44,49,52,54-57,61H,11-17H2,1-3H3,(H,58,59);5,8H,3-4H2,1-2H3/t18-,23-,25-,27-,36-,37-,38+,39+,40-,41+,42+,44+,46-;/m0./s1. The number of nitrogens with zero attached hydrogens (tertiary/aromatic N) is 3. The number of piperazine rings is 1. The number of aliphatic hydroxyl groups excluding tert-OH is 4. The summed E-state index contributed by atoms with van der Waals surface area (Å²) >= 11 is 0. The first-order chi connectivity index (χ1) is 38.1. The molecule has 0 spiro atoms. The molecule has 1 unspecified atom stereocenters. The highest BCUT2D eigenvalue weighted by atomic mass is 16.7. The van der Waals surface area contributed by atoms with Gasteiger partial charge in [0.1, 0.15) is 66.2 Å². The molecule has 7 aliphatic rings. The zero-order valence-corrected chi connectivity index (χ0v) is 44.0. The summed E-state index contributed by atoms with van der Waals surface area (Å²) in [5.74, 6) is -5.73. The van der Waals surface area contributed by atoms with Gasteiger partial charge >= 0.3 is 12.1 Å². The molecule has 5 saturated heterocycles. The van der Waals surface area contributed by atoms with E-state index in [2.05, 4.69) is 5.32 Å². The summed E-state index contributed by atoms with van der Waals surface area (Å²) in [5, 5.41) is 87.7. The van der Waals surface area contributed by atoms with Gasteiger partial charge in [-0.15, -0.1) is 0 Å². The number of aliphatic hydroxyl groups is 5. The molecule has 5 aliphatic heterocycles. The molecule has 80 heavy (non-hydrogen) atoms. The zero-order valence-electron chi connectivity index (χ0n) is 44.0. The summed E-state index contributed by atoms with van der Waals surface area (Å²) in [7, 11) is 4.42. The van der Waals surface area contributed by atoms with Crippen molar-refractivity contribution in [3.8, 4) is 23.0 Å². The van der Waals surface area contributed by atoms with Crippen LogP contribution in [0.25, 0.3) is 0 Å². The minimum atomic E-state index is -2.34. The van der Waals surface area contributed by atoms with Crippen LogP contribution < -0.4 is 14.8 Å². The Morgan fingerprint density at radius 3 is 2.23 bits per heavy atom. The highest BCUT2D eigenvalue weighted by Crippen LogP contribution is 2.53. The lowest BCUT2D eigenvalue weighted by molar-refractivity contribution is -0.271. The molecule has 5 heterocycles. The molecule has 27 heteroatoms. The van der Waals surface area contributed by atoms with Crippen LogP contribution in [0, 0.1) is 5.92 Å². The lowest BCUT2D eigenvalue weighted by Crippen LogP contribution is -2.62. The quantitative estimate of drug-likeness (QED) is 0.0582. The van der Waals surface area contributed by atoms with Crippen LogP contribution in [0.3, 0.4) is 0 Å². The van der Waals surface area contributed by atoms with Crippen molar-refractivity contribution in [3.05, 3.63) is 81.4 Å². The molecule has 0 saturated carbocycles. The Morgan fingerprint density at radius 1 is 0.875 bits per heavy atom. The Hall–Kier alpha value is -6.73. The highest BCUT2D eigenvalue weighted by Gasteiger charge is 2.57. The van der Waals surface area contributed by atoms with E-state index in [1.54, 1.807) is 33.0 Å². The van der Waals surface area contributed by atoms with E-state index in [1.807, 2.05) is 4.90 Å². The van der Waals surface area contributed by atoms with Gasteiger partial charge in [0.2, 0.25) is 23.9 Å². The molecule has 3 aromatic carbocycles. The van der Waals surface area contributed by atoms with Gasteiger partial charge in [-0.1, -0.05) is 31.2 Å². The maximum Gasteiger partial charge on any atom is 0.412 e. The number of nitrogens with one attached hydrogen (secondary N) is 1. The van der Waals surface area contributed by atoms with Crippen LogP contribution >= 0.6 is 0 Å². The predicted octanol–water partition coefficient (Wildman–Crippen LogP) is -0.837. The van der Waals surface area contributed by atoms with Crippen LogP contribution in [-0.4, -0.2) is 218 Å². The van der Waals surface area contributed by atoms with Gasteiger partial charge in [-0.05, 0) is 37.7 Å². The Kier molecular flexibility index (Phi) is 16.7. The number of carboxylic acids is 1. The highest BCUT2D eigenvalue weighted by molar-refractivity contribution is 6.31. The molecule has 432 valence electrons. The maximum absolute atomic E-state index is 14.1. The molecule has 3 amide bonds. The fraction of sp³-hybridized carbons (Fsp3) is 0.528. The van der Waals surface area contributed by atoms with Gasteiger partial charge in [0, 0.05) is 74.5 Å². The van der Waals surface area contributed by atoms with E-state index in [-0.39, 0.29) is 77.6 Å². The summed E-state index contributed by atoms with van der Waals surface area (Å²) < 4.78 is 46.8. The molecule has 9 N–H and O–H groups in total. The number of phenolic OH excluding ortho intramolecular Hbond substituents is 2. The van der Waals surface area contributed by atoms with Crippen LogP contribution in [0.2, 0.25) is 0 Å². The molecule has 14 atom stereocenters. The number of imide groups is 1. The molecule has 3 aromatic rings. The van der Waals surface area contributed by atoms with Gasteiger partial charge in [-0.25, -0.2) is 9.59 Å². The third-order valence-electron chi connectivity index (χ3n) is 15.5. The van der Waals surface area contributed by atoms with E-state index in [0.717, 1.165) is 0 Å². The lowest BCUT2D eigenvalue weighted by atomic mass is 9.72. The first-order valence-corrected chi connectivity index (χ1v) is 25.7. The number of ketones is 3. The van der Waals surface area contributed by atoms with Crippen molar-refractivity contribution in [2.45, 2.75) is 126 Å². The second-order valence-electron chi connectivity index (χ2n) is 20.4. The van der Waals surface area contributed by atoms with Gasteiger partial charge in [0.25, 0.3) is 0 Å². The minimum Gasteiger partial charge on any atom is -0.507 e. The molecular weight excluding hydrogens is 1060 g/mol. The van der Waals surface area contributed by atoms with Crippen molar-refractivity contribution in [1.82, 2.24) is 20.0 Å². The number of aromatic hydroxyl groups is 2. The number of rotatable bonds is 13. The largest absolute Gasteiger partial charge is 0.507 e. The van der Waals surface area contributed by atoms with Crippen molar-refractivity contribution in [2.24, 2.45) is 5.92 Å². The number of ether oxygens (including phenoxy) is 8. The van der Waals surface area contributed by atoms with Gasteiger partial charge in [0.15, 0.2) is 36.4 Å². The molecule has 2 aliphatic carbocycles. The molecule has 0 radical (unpaired) electrons. The number of carbonyl (C=O) groups excluding carboxylic acids is 6. The third kappa shape index (κ3) is 10.4. The number of hydrogen-bond donors (Lipinski definition) is 9. The topological polar surface area (TPSA) is 377 Å². The van der Waals surface area contributed by atoms with Crippen LogP contribution in [-0.2, 0) is 60.6 Å². The Labute approximate surface area is 456 Å². The summed E-state index contributed by atoms with van der Waals surface area (Å²) in [6.07, 6.45) is -16.0. The Morgan fingerprint density at radius 2 is 1.59 bits per heavy atom. The van der Waals surface area contributed by atoms with Crippen LogP contribution in [0.5, 0.6) is 23.0 Å². The number of methoxy groups -OCH3 is 2. The fourth-order valence-electron chi connectivity index (χ4n) is 11.5. The molecule has 27 nitrogen and oxygen atoms in total. The van der Waals surface area contributed by atoms with Crippen LogP contribution in [0.4, 0.5) is 4.79 Å². The number of carbonyl (C=O) groups is 7. The summed E-state index contributed by atoms with van der Waals surface area (Å²) in [6.45, 7) is 2.96. The van der Waals surface area contributed by atoms with Crippen molar-refractivity contribution < 1.29 is 112 Å². The number of phenols is 2. The Balaban J connectivity index is 0.000000630. The fourth-order valence-corrected chi connectivity index (χ4v) is 11.5. The second kappa shape index (κ2) is 23.0. The van der Waals surface area contributed by atoms with Gasteiger partial charge in [0.05, 0.1) is 42.7 Å². The average molecular weight is 1120 g/mol. The molecule has 0 aromatic heterocycles. The molecule has 0 bridgehead atoms. The number of aliphatic carboxylic acids is 1. The molecule has 5 fully saturated rings. The summed E-state index contributed by atoms with van der Waals surface area (Å²) in [4.78, 5) is 93.0. The van der Waals surface area contributed by atoms with Crippen molar-refractivity contribution in [3.63, 3.8) is 0 Å². The minimum absolute atomic E-state index is 0.0599. The second-order valence-corrected chi connectivity index (χ2v) is 20.4. The number of hydrogen-bond acceptors (Lipinski definition) is 24. The summed E-state index contributed by atoms with van der Waals surface area (Å²) in [5.41, 5.74) is -3.45. The smallest absolute Gasteiger partial charge is 0.412 e. The average Bonchev–Trinajstić information content (AvgIpc) is 4.07. The Bertz CT molecular complexity index is 2940. The maximum atomic E-state index is 14.1. The SMILES string of the molecule is CNCN1C(=O)CC(C)C1=O.COc1cccc2c1C(=O)c1c(O)c3c(c(O)c1C2=O)C[C@@](O)(C(=O)CO)C[C@@H]3O[C@H]1C[C@H]2[C@H](O[C@@H]3[C@@H](OC)N(C(=O)OCc4ccc(O[C@@H]5O[C@H](C(=O)O)[C@@H](O)[C@H](O)[C@H]5O)cc4)CCN32)[C@H](C)O1. The van der Waals surface area contributed by atoms with Gasteiger partial charge in [-0.3, -0.25) is 38.7 Å². The zero-order chi connectivity index (χ0) is 57.8. The van der Waals surface area contributed by atoms with Crippen LogP contribution in [0.15, 0.2) is 42.5 Å². The van der Waals surface area contributed by atoms with Crippen molar-refractivity contribution >= 4 is 41.2 Å². The lowest BCUT2D eigenvalue weighted by Gasteiger charge is -2.45. The normalized spacial score (nSPS) is 31.7. The molecule has 10 rings (SSSR count). The van der Waals surface area contributed by atoms with E-state index in [1.165, 1.54) is 54.4 Å². The van der Waals surface area contributed by atoms with Crippen molar-refractivity contribution in [1.29, 1.82) is 0 Å². The van der Waals surface area contributed by atoms with E-state index in [9.17, 15) is 74.4 Å². The number of amides is 3. The monoisotopic (exact) mass is 1120 g/mol. The predicted molar refractivity (Wildman–Crippen MR) is 266 cm³/mol. The van der Waals surface area contributed by atoms with E-state index in [0.29, 0.717) is 18.7 Å². The van der Waals surface area contributed by atoms with E-state index >= 15 is 0 Å². The number of fused-ring (bicyclic) bond motifs is 6. The molecular formula is C53H62N4O23. The number of Topliss-reactive ketones (excluding diaryl/α,β-unsaturated/α-hetero) is 1. The first kappa shape index (κ1) is 57.9. The van der Waals surface area contributed by atoms with Gasteiger partial charge in [-0.2, -0.15) is 0 Å². The first-order valence-electron chi connectivity index (χ1n) is 25.7. The number of benzene rings is 3. The number of likely N-dealkylation sites (tertiary alicyclic amines) is 1. The number of carboxylic acid groups (broad SMARTS) is 1. The van der Waals surface area contributed by atoms with E-state index < -0.39 is 151 Å². The summed E-state index contributed by atoms with van der Waals surface area (Å²) in [6, 6.07) is 9.88. The van der Waals surface area contributed by atoms with Crippen molar-refractivity contribution in [2.75, 3.05) is 47.6 Å². The van der Waals surface area contributed by atoms with E-state index in [4.69, 9.17) is 37.9 Å². The van der Waals surface area contributed by atoms with Crippen LogP contribution in [0.1, 0.15) is 87.7 Å². The third-order valence-corrected chi connectivity index (χ3v) is 15.5.